The van der Waals surface area contributed by atoms with Crippen LogP contribution in [0.2, 0.25) is 0 Å². The van der Waals surface area contributed by atoms with E-state index in [1.54, 1.807) is 19.3 Å². The maximum Gasteiger partial charge on any atom is 0.228 e. The molecule has 0 unspecified atom stereocenters. The molecular formula is C12H12N6OS. The molecule has 0 aromatic carbocycles. The lowest BCUT2D eigenvalue weighted by atomic mass is 10.2. The standard InChI is InChI=1S/C12H12N6OS/c1-8-14-10(19-17-8)4-7-18-11(15-16-12(18)20)9-2-5-13-6-3-9/h2-3,5-6H,4,7H2,1H3,(H,16,20). The summed E-state index contributed by atoms with van der Waals surface area (Å²) < 4.78 is 7.57. The quantitative estimate of drug-likeness (QED) is 0.738. The van der Waals surface area contributed by atoms with Crippen LogP contribution in [-0.4, -0.2) is 29.9 Å². The largest absolute Gasteiger partial charge is 0.339 e. The second kappa shape index (κ2) is 5.33. The van der Waals surface area contributed by atoms with E-state index in [1.165, 1.54) is 0 Å². The number of pyridine rings is 1. The van der Waals surface area contributed by atoms with Gasteiger partial charge in [0.15, 0.2) is 16.4 Å². The van der Waals surface area contributed by atoms with Crippen molar-refractivity contribution in [2.75, 3.05) is 0 Å². The Labute approximate surface area is 119 Å². The molecule has 0 aliphatic heterocycles. The summed E-state index contributed by atoms with van der Waals surface area (Å²) in [5, 5.41) is 10.8. The average molecular weight is 288 g/mol. The Morgan fingerprint density at radius 2 is 2.15 bits per heavy atom. The SMILES string of the molecule is Cc1noc(CCn2c(-c3ccncc3)n[nH]c2=S)n1. The third-order valence-corrected chi connectivity index (χ3v) is 3.13. The fraction of sp³-hybridized carbons (Fsp3) is 0.250. The van der Waals surface area contributed by atoms with Gasteiger partial charge in [-0.3, -0.25) is 14.6 Å². The predicted octanol–water partition coefficient (Wildman–Crippen LogP) is 1.94. The van der Waals surface area contributed by atoms with E-state index in [-0.39, 0.29) is 0 Å². The minimum Gasteiger partial charge on any atom is -0.339 e. The molecule has 0 fully saturated rings. The molecular weight excluding hydrogens is 276 g/mol. The minimum absolute atomic E-state index is 0.563. The van der Waals surface area contributed by atoms with E-state index in [0.717, 1.165) is 11.4 Å². The monoisotopic (exact) mass is 288 g/mol. The Morgan fingerprint density at radius 1 is 1.35 bits per heavy atom. The van der Waals surface area contributed by atoms with Crippen molar-refractivity contribution in [3.05, 3.63) is 41.0 Å². The molecule has 0 aliphatic carbocycles. The van der Waals surface area contributed by atoms with Gasteiger partial charge in [-0.15, -0.1) is 0 Å². The molecule has 0 spiro atoms. The van der Waals surface area contributed by atoms with Crippen molar-refractivity contribution in [2.24, 2.45) is 0 Å². The first-order chi connectivity index (χ1) is 9.74. The van der Waals surface area contributed by atoms with E-state index in [9.17, 15) is 0 Å². The zero-order chi connectivity index (χ0) is 13.9. The summed E-state index contributed by atoms with van der Waals surface area (Å²) in [5.74, 6) is 1.99. The van der Waals surface area contributed by atoms with Gasteiger partial charge in [-0.05, 0) is 31.3 Å². The second-order valence-corrected chi connectivity index (χ2v) is 4.61. The molecule has 20 heavy (non-hydrogen) atoms. The number of hydrogen-bond donors (Lipinski definition) is 1. The number of nitrogens with zero attached hydrogens (tertiary/aromatic N) is 5. The Balaban J connectivity index is 1.86. The summed E-state index contributed by atoms with van der Waals surface area (Å²) in [6, 6.07) is 3.77. The molecule has 3 heterocycles. The number of nitrogens with one attached hydrogen (secondary N) is 1. The Hall–Kier alpha value is -2.35. The van der Waals surface area contributed by atoms with E-state index in [1.807, 2.05) is 16.7 Å². The van der Waals surface area contributed by atoms with E-state index >= 15 is 0 Å². The fourth-order valence-electron chi connectivity index (χ4n) is 1.90. The average Bonchev–Trinajstić information content (AvgIpc) is 3.04. The first-order valence-corrected chi connectivity index (χ1v) is 6.49. The van der Waals surface area contributed by atoms with Gasteiger partial charge < -0.3 is 4.52 Å². The van der Waals surface area contributed by atoms with Crippen LogP contribution in [0.4, 0.5) is 0 Å². The van der Waals surface area contributed by atoms with Crippen LogP contribution in [0.5, 0.6) is 0 Å². The van der Waals surface area contributed by atoms with Gasteiger partial charge in [-0.1, -0.05) is 5.16 Å². The molecule has 0 atom stereocenters. The highest BCUT2D eigenvalue weighted by Crippen LogP contribution is 2.16. The van der Waals surface area contributed by atoms with Gasteiger partial charge in [-0.25, -0.2) is 0 Å². The molecule has 3 rings (SSSR count). The lowest BCUT2D eigenvalue weighted by molar-refractivity contribution is 0.368. The van der Waals surface area contributed by atoms with Crippen LogP contribution in [0.1, 0.15) is 11.7 Å². The van der Waals surface area contributed by atoms with Crippen LogP contribution in [0.15, 0.2) is 29.0 Å². The van der Waals surface area contributed by atoms with Gasteiger partial charge in [0.05, 0.1) is 0 Å². The van der Waals surface area contributed by atoms with E-state index in [4.69, 9.17) is 16.7 Å². The third-order valence-electron chi connectivity index (χ3n) is 2.82. The first kappa shape index (κ1) is 12.7. The third kappa shape index (κ3) is 2.50. The van der Waals surface area contributed by atoms with Gasteiger partial charge >= 0.3 is 0 Å². The van der Waals surface area contributed by atoms with Crippen molar-refractivity contribution in [1.29, 1.82) is 0 Å². The van der Waals surface area contributed by atoms with Crippen molar-refractivity contribution < 1.29 is 4.52 Å². The molecule has 3 aromatic rings. The highest BCUT2D eigenvalue weighted by atomic mass is 32.1. The number of aromatic amines is 1. The Kier molecular flexibility index (Phi) is 3.38. The summed E-state index contributed by atoms with van der Waals surface area (Å²) in [4.78, 5) is 8.17. The van der Waals surface area contributed by atoms with Gasteiger partial charge in [0.1, 0.15) is 0 Å². The van der Waals surface area contributed by atoms with Gasteiger partial charge in [0.25, 0.3) is 0 Å². The lowest BCUT2D eigenvalue weighted by Gasteiger charge is -2.04. The van der Waals surface area contributed by atoms with Crippen molar-refractivity contribution in [1.82, 2.24) is 29.9 Å². The molecule has 0 saturated heterocycles. The van der Waals surface area contributed by atoms with Crippen LogP contribution in [0, 0.1) is 11.7 Å². The summed E-state index contributed by atoms with van der Waals surface area (Å²) >= 11 is 5.26. The molecule has 0 saturated carbocycles. The molecule has 0 bridgehead atoms. The van der Waals surface area contributed by atoms with Crippen molar-refractivity contribution in [3.63, 3.8) is 0 Å². The van der Waals surface area contributed by atoms with Crippen LogP contribution in [-0.2, 0) is 13.0 Å². The fourth-order valence-corrected chi connectivity index (χ4v) is 2.12. The zero-order valence-corrected chi connectivity index (χ0v) is 11.6. The summed E-state index contributed by atoms with van der Waals surface area (Å²) in [6.45, 7) is 2.41. The Morgan fingerprint density at radius 3 is 2.85 bits per heavy atom. The van der Waals surface area contributed by atoms with Crippen LogP contribution in [0.25, 0.3) is 11.4 Å². The zero-order valence-electron chi connectivity index (χ0n) is 10.8. The van der Waals surface area contributed by atoms with Gasteiger partial charge in [0, 0.05) is 30.9 Å². The van der Waals surface area contributed by atoms with Crippen molar-refractivity contribution in [2.45, 2.75) is 19.9 Å². The van der Waals surface area contributed by atoms with E-state index < -0.39 is 0 Å². The molecule has 102 valence electrons. The summed E-state index contributed by atoms with van der Waals surface area (Å²) in [6.07, 6.45) is 4.05. The highest BCUT2D eigenvalue weighted by Gasteiger charge is 2.10. The van der Waals surface area contributed by atoms with Gasteiger partial charge in [0.2, 0.25) is 5.89 Å². The molecule has 1 N–H and O–H groups in total. The maximum absolute atomic E-state index is 5.26. The topological polar surface area (TPSA) is 85.4 Å². The molecule has 7 nitrogen and oxygen atoms in total. The van der Waals surface area contributed by atoms with Crippen molar-refractivity contribution >= 4 is 12.2 Å². The molecule has 0 amide bonds. The maximum atomic E-state index is 5.26. The second-order valence-electron chi connectivity index (χ2n) is 4.23. The molecule has 0 aliphatic rings. The lowest BCUT2D eigenvalue weighted by Crippen LogP contribution is -2.04. The number of aromatic nitrogens is 6. The van der Waals surface area contributed by atoms with Crippen molar-refractivity contribution in [3.8, 4) is 11.4 Å². The minimum atomic E-state index is 0.563. The molecule has 0 radical (unpaired) electrons. The normalized spacial score (nSPS) is 10.8. The summed E-state index contributed by atoms with van der Waals surface area (Å²) in [7, 11) is 0. The van der Waals surface area contributed by atoms with Crippen LogP contribution in [0.3, 0.4) is 0 Å². The number of H-pyrrole nitrogens is 1. The number of aryl methyl sites for hydroxylation is 2. The first-order valence-electron chi connectivity index (χ1n) is 6.09. The summed E-state index contributed by atoms with van der Waals surface area (Å²) in [5.41, 5.74) is 0.953. The molecule has 3 aromatic heterocycles. The smallest absolute Gasteiger partial charge is 0.228 e. The predicted molar refractivity (Wildman–Crippen MR) is 73.4 cm³/mol. The van der Waals surface area contributed by atoms with E-state index in [0.29, 0.717) is 29.5 Å². The molecule has 8 heteroatoms. The number of hydrogen-bond acceptors (Lipinski definition) is 6. The van der Waals surface area contributed by atoms with Gasteiger partial charge in [-0.2, -0.15) is 10.1 Å². The van der Waals surface area contributed by atoms with Crippen LogP contribution >= 0.6 is 12.2 Å². The van der Waals surface area contributed by atoms with Crippen LogP contribution < -0.4 is 0 Å². The highest BCUT2D eigenvalue weighted by molar-refractivity contribution is 7.71. The number of rotatable bonds is 4. The van der Waals surface area contributed by atoms with E-state index in [2.05, 4.69) is 25.3 Å². The Bertz CT molecular complexity index is 760.